The third-order valence-electron chi connectivity index (χ3n) is 1.68. The molecule has 1 rings (SSSR count). The van der Waals surface area contributed by atoms with Gasteiger partial charge in [-0.15, -0.1) is 0 Å². The second kappa shape index (κ2) is 13.0. The maximum Gasteiger partial charge on any atom is 1.00 e. The SMILES string of the molecule is Cc1ccc(O)c(O)c1C.[Li+].[Li+].[Li+].[O-]B([O-])[O-]. The molecule has 0 atom stereocenters. The van der Waals surface area contributed by atoms with Crippen molar-refractivity contribution in [3.05, 3.63) is 23.3 Å². The first kappa shape index (κ1) is 26.2. The van der Waals surface area contributed by atoms with Gasteiger partial charge in [0.1, 0.15) is 0 Å². The van der Waals surface area contributed by atoms with Gasteiger partial charge in [-0.3, -0.25) is 7.32 Å². The third kappa shape index (κ3) is 11.4. The van der Waals surface area contributed by atoms with Crippen LogP contribution >= 0.6 is 0 Å². The van der Waals surface area contributed by atoms with Gasteiger partial charge in [-0.2, -0.15) is 0 Å². The summed E-state index contributed by atoms with van der Waals surface area (Å²) in [6.45, 7) is 3.65. The summed E-state index contributed by atoms with van der Waals surface area (Å²) in [6, 6.07) is 3.25. The number of rotatable bonds is 0. The molecule has 0 amide bonds. The van der Waals surface area contributed by atoms with E-state index in [-0.39, 0.29) is 68.1 Å². The first-order valence-electron chi connectivity index (χ1n) is 3.82. The molecule has 0 heterocycles. The standard InChI is InChI=1S/C8H10O2.BO3.3Li/c1-5-3-4-7(9)8(10)6(5)2;2-1(3)4;;;/h3-4,9-10H,1-2H3;;;;/q;-3;3*+1. The van der Waals surface area contributed by atoms with Crippen molar-refractivity contribution in [1.82, 2.24) is 0 Å². The van der Waals surface area contributed by atoms with Crippen molar-refractivity contribution in [3.63, 3.8) is 0 Å². The fraction of sp³-hybridized carbons (Fsp3) is 0.250. The predicted octanol–water partition coefficient (Wildman–Crippen LogP) is -11.2. The Morgan fingerprint density at radius 3 is 1.59 bits per heavy atom. The summed E-state index contributed by atoms with van der Waals surface area (Å²) in [5, 5.41) is 43.4. The minimum absolute atomic E-state index is 0. The van der Waals surface area contributed by atoms with E-state index in [1.165, 1.54) is 6.07 Å². The minimum atomic E-state index is -2.92. The van der Waals surface area contributed by atoms with Crippen molar-refractivity contribution in [3.8, 4) is 11.5 Å². The molecule has 0 aliphatic carbocycles. The van der Waals surface area contributed by atoms with E-state index in [2.05, 4.69) is 0 Å². The van der Waals surface area contributed by atoms with Crippen LogP contribution in [0.15, 0.2) is 12.1 Å². The Kier molecular flexibility index (Phi) is 20.0. The van der Waals surface area contributed by atoms with Gasteiger partial charge >= 0.3 is 56.6 Å². The maximum atomic E-state index is 9.14. The average Bonchev–Trinajstić information content (AvgIpc) is 2.07. The van der Waals surface area contributed by atoms with Gasteiger partial charge < -0.3 is 25.3 Å². The molecule has 0 fully saturated rings. The minimum Gasteiger partial charge on any atom is -0.907 e. The molecule has 0 bridgehead atoms. The molecule has 0 spiro atoms. The van der Waals surface area contributed by atoms with E-state index in [4.69, 9.17) is 25.3 Å². The van der Waals surface area contributed by atoms with Crippen molar-refractivity contribution >= 4 is 7.32 Å². The first-order chi connectivity index (χ1) is 6.36. The molecule has 2 N–H and O–H groups in total. The Morgan fingerprint density at radius 2 is 1.29 bits per heavy atom. The predicted molar refractivity (Wildman–Crippen MR) is 45.0 cm³/mol. The van der Waals surface area contributed by atoms with Gasteiger partial charge in [0, 0.05) is 0 Å². The topological polar surface area (TPSA) is 110 Å². The van der Waals surface area contributed by atoms with Crippen LogP contribution in [0.4, 0.5) is 0 Å². The van der Waals surface area contributed by atoms with Crippen LogP contribution in [-0.2, 0) is 0 Å². The van der Waals surface area contributed by atoms with Crippen LogP contribution in [0.1, 0.15) is 11.1 Å². The fourth-order valence-corrected chi connectivity index (χ4v) is 0.787. The number of aryl methyl sites for hydroxylation is 1. The van der Waals surface area contributed by atoms with Crippen molar-refractivity contribution in [2.75, 3.05) is 0 Å². The molecule has 17 heavy (non-hydrogen) atoms. The van der Waals surface area contributed by atoms with Crippen molar-refractivity contribution in [1.29, 1.82) is 0 Å². The number of benzene rings is 1. The number of hydrogen-bond donors (Lipinski definition) is 2. The van der Waals surface area contributed by atoms with Crippen LogP contribution in [0.3, 0.4) is 0 Å². The van der Waals surface area contributed by atoms with Gasteiger partial charge in [0.05, 0.1) is 0 Å². The van der Waals surface area contributed by atoms with E-state index in [1.807, 2.05) is 6.92 Å². The van der Waals surface area contributed by atoms with Crippen LogP contribution in [0.2, 0.25) is 0 Å². The van der Waals surface area contributed by atoms with E-state index in [0.29, 0.717) is 0 Å². The molecule has 1 aromatic carbocycles. The zero-order valence-electron chi connectivity index (χ0n) is 10.9. The molecule has 9 heteroatoms. The summed E-state index contributed by atoms with van der Waals surface area (Å²) >= 11 is 0. The Bertz CT molecular complexity index is 282. The Labute approximate surface area is 137 Å². The molecule has 0 saturated heterocycles. The molecule has 0 aliphatic heterocycles. The normalized spacial score (nSPS) is 7.35. The molecule has 0 saturated carbocycles. The number of aromatic hydroxyl groups is 2. The molecule has 0 unspecified atom stereocenters. The average molecular weight is 218 g/mol. The van der Waals surface area contributed by atoms with E-state index < -0.39 is 7.32 Å². The van der Waals surface area contributed by atoms with Crippen LogP contribution < -0.4 is 71.7 Å². The van der Waals surface area contributed by atoms with Gasteiger partial charge in [-0.1, -0.05) is 6.07 Å². The summed E-state index contributed by atoms with van der Waals surface area (Å²) in [7, 11) is -2.92. The summed E-state index contributed by atoms with van der Waals surface area (Å²) in [6.07, 6.45) is 0. The number of phenolic OH excluding ortho intramolecular Hbond substituents is 2. The smallest absolute Gasteiger partial charge is 0.907 e. The molecule has 0 radical (unpaired) electrons. The molecule has 78 valence electrons. The van der Waals surface area contributed by atoms with E-state index in [9.17, 15) is 0 Å². The van der Waals surface area contributed by atoms with Gasteiger partial charge in [0.2, 0.25) is 0 Å². The summed E-state index contributed by atoms with van der Waals surface area (Å²) < 4.78 is 0. The Balaban J connectivity index is -0.000000108. The third-order valence-corrected chi connectivity index (χ3v) is 1.68. The fourth-order valence-electron chi connectivity index (χ4n) is 0.787. The van der Waals surface area contributed by atoms with E-state index >= 15 is 0 Å². The Hall–Kier alpha value is 0.557. The van der Waals surface area contributed by atoms with Crippen molar-refractivity contribution in [2.24, 2.45) is 0 Å². The second-order valence-corrected chi connectivity index (χ2v) is 2.66. The van der Waals surface area contributed by atoms with Crippen molar-refractivity contribution < 1.29 is 81.9 Å². The number of hydrogen-bond acceptors (Lipinski definition) is 5. The number of phenols is 2. The van der Waals surface area contributed by atoms with Gasteiger partial charge in [0.15, 0.2) is 11.5 Å². The van der Waals surface area contributed by atoms with Crippen molar-refractivity contribution in [2.45, 2.75) is 13.8 Å². The summed E-state index contributed by atoms with van der Waals surface area (Å²) in [5.74, 6) is -0.0666. The Morgan fingerprint density at radius 1 is 0.941 bits per heavy atom. The maximum absolute atomic E-state index is 9.14. The monoisotopic (exact) mass is 218 g/mol. The molecule has 0 aromatic heterocycles. The van der Waals surface area contributed by atoms with Gasteiger partial charge in [0.25, 0.3) is 0 Å². The van der Waals surface area contributed by atoms with Crippen LogP contribution in [0, 0.1) is 13.8 Å². The van der Waals surface area contributed by atoms with Gasteiger partial charge in [-0.25, -0.2) is 0 Å². The van der Waals surface area contributed by atoms with Crippen LogP contribution in [0.25, 0.3) is 0 Å². The quantitative estimate of drug-likeness (QED) is 0.331. The summed E-state index contributed by atoms with van der Waals surface area (Å²) in [5.41, 5.74) is 1.72. The first-order valence-corrected chi connectivity index (χ1v) is 3.82. The molecular formula is C8H10BLi3O5. The van der Waals surface area contributed by atoms with Crippen LogP contribution in [-0.4, -0.2) is 17.5 Å². The summed E-state index contributed by atoms with van der Waals surface area (Å²) in [4.78, 5) is 0. The molecule has 1 aromatic rings. The van der Waals surface area contributed by atoms with Crippen LogP contribution in [0.5, 0.6) is 11.5 Å². The zero-order chi connectivity index (χ0) is 11.3. The van der Waals surface area contributed by atoms with E-state index in [0.717, 1.165) is 11.1 Å². The molecular weight excluding hydrogens is 208 g/mol. The van der Waals surface area contributed by atoms with E-state index in [1.54, 1.807) is 13.0 Å². The zero-order valence-corrected chi connectivity index (χ0v) is 10.9. The van der Waals surface area contributed by atoms with Gasteiger partial charge in [-0.05, 0) is 31.0 Å². The largest absolute Gasteiger partial charge is 1.00 e. The second-order valence-electron chi connectivity index (χ2n) is 2.66. The molecule has 5 nitrogen and oxygen atoms in total. The molecule has 0 aliphatic rings.